The van der Waals surface area contributed by atoms with E-state index in [0.717, 1.165) is 0 Å². The lowest BCUT2D eigenvalue weighted by molar-refractivity contribution is -0.274. The number of aliphatic imine (C=N–C) groups is 1. The second kappa shape index (κ2) is 8.86. The number of alkyl halides is 3. The van der Waals surface area contributed by atoms with Crippen LogP contribution in [-0.4, -0.2) is 39.0 Å². The van der Waals surface area contributed by atoms with Crippen LogP contribution >= 0.6 is 0 Å². The number of halogens is 3. The van der Waals surface area contributed by atoms with Crippen LogP contribution in [0.25, 0.3) is 0 Å². The molecule has 0 radical (unpaired) electrons. The molecule has 1 aromatic carbocycles. The Morgan fingerprint density at radius 3 is 2.57 bits per heavy atom. The molecule has 1 rings (SSSR count). The number of nitrogens with one attached hydrogen (secondary N) is 2. The number of carbonyl (C=O) groups is 1. The van der Waals surface area contributed by atoms with E-state index in [1.54, 1.807) is 6.07 Å². The van der Waals surface area contributed by atoms with E-state index < -0.39 is 6.36 Å². The molecular formula is C14H18F3N3O3. The molecule has 9 heteroatoms. The first-order valence-corrected chi connectivity index (χ1v) is 6.70. The van der Waals surface area contributed by atoms with Gasteiger partial charge in [-0.2, -0.15) is 0 Å². The number of ether oxygens (including phenoxy) is 2. The first-order chi connectivity index (χ1) is 10.9. The highest BCUT2D eigenvalue weighted by molar-refractivity contribution is 5.80. The van der Waals surface area contributed by atoms with Crippen molar-refractivity contribution in [1.82, 2.24) is 10.6 Å². The van der Waals surface area contributed by atoms with Crippen molar-refractivity contribution in [3.05, 3.63) is 29.8 Å². The molecule has 0 bridgehead atoms. The summed E-state index contributed by atoms with van der Waals surface area (Å²) < 4.78 is 45.5. The molecule has 2 N–H and O–H groups in total. The number of esters is 1. The van der Waals surface area contributed by atoms with Gasteiger partial charge >= 0.3 is 12.3 Å². The molecule has 0 aliphatic rings. The standard InChI is InChI=1S/C14H18F3N3O3/c1-18-13(19-8-7-12(21)22-2)20-9-10-5-3-4-6-11(10)23-14(15,16)17/h3-6H,7-9H2,1-2H3,(H2,18,19,20). The summed E-state index contributed by atoms with van der Waals surface area (Å²) in [7, 11) is 2.79. The quantitative estimate of drug-likeness (QED) is 0.472. The van der Waals surface area contributed by atoms with Gasteiger partial charge in [-0.3, -0.25) is 9.79 Å². The van der Waals surface area contributed by atoms with Gasteiger partial charge in [0.15, 0.2) is 5.96 Å². The van der Waals surface area contributed by atoms with E-state index >= 15 is 0 Å². The van der Waals surface area contributed by atoms with Gasteiger partial charge in [-0.15, -0.1) is 13.2 Å². The SMILES string of the molecule is CN=C(NCCC(=O)OC)NCc1ccccc1OC(F)(F)F. The lowest BCUT2D eigenvalue weighted by Gasteiger charge is -2.15. The number of guanidine groups is 1. The molecule has 0 aliphatic carbocycles. The summed E-state index contributed by atoms with van der Waals surface area (Å²) in [6.07, 6.45) is -4.61. The van der Waals surface area contributed by atoms with Crippen molar-refractivity contribution in [2.45, 2.75) is 19.3 Å². The predicted molar refractivity (Wildman–Crippen MR) is 78.0 cm³/mol. The van der Waals surface area contributed by atoms with E-state index in [-0.39, 0.29) is 31.2 Å². The van der Waals surface area contributed by atoms with Crippen LogP contribution in [-0.2, 0) is 16.1 Å². The zero-order chi connectivity index (χ0) is 17.3. The van der Waals surface area contributed by atoms with Gasteiger partial charge in [0.25, 0.3) is 0 Å². The fraction of sp³-hybridized carbons (Fsp3) is 0.429. The van der Waals surface area contributed by atoms with E-state index in [4.69, 9.17) is 0 Å². The van der Waals surface area contributed by atoms with Crippen LogP contribution in [0.2, 0.25) is 0 Å². The molecule has 0 heterocycles. The van der Waals surface area contributed by atoms with Crippen molar-refractivity contribution in [1.29, 1.82) is 0 Å². The second-order valence-electron chi connectivity index (χ2n) is 4.33. The van der Waals surface area contributed by atoms with Crippen molar-refractivity contribution < 1.29 is 27.4 Å². The summed E-state index contributed by atoms with van der Waals surface area (Å²) in [4.78, 5) is 14.9. The summed E-state index contributed by atoms with van der Waals surface area (Å²) in [6.45, 7) is 0.358. The fourth-order valence-electron chi connectivity index (χ4n) is 1.66. The number of methoxy groups -OCH3 is 1. The van der Waals surface area contributed by atoms with Crippen LogP contribution in [0, 0.1) is 0 Å². The van der Waals surface area contributed by atoms with Crippen LogP contribution in [0.3, 0.4) is 0 Å². The molecule has 0 aromatic heterocycles. The highest BCUT2D eigenvalue weighted by atomic mass is 19.4. The number of benzene rings is 1. The minimum absolute atomic E-state index is 0.0736. The summed E-state index contributed by atoms with van der Waals surface area (Å²) >= 11 is 0. The Balaban J connectivity index is 2.57. The largest absolute Gasteiger partial charge is 0.573 e. The second-order valence-corrected chi connectivity index (χ2v) is 4.33. The minimum atomic E-state index is -4.75. The monoisotopic (exact) mass is 333 g/mol. The van der Waals surface area contributed by atoms with E-state index in [2.05, 4.69) is 25.1 Å². The van der Waals surface area contributed by atoms with Gasteiger partial charge in [-0.1, -0.05) is 18.2 Å². The third kappa shape index (κ3) is 7.39. The van der Waals surface area contributed by atoms with Crippen LogP contribution in [0.4, 0.5) is 13.2 Å². The molecule has 0 saturated heterocycles. The van der Waals surface area contributed by atoms with Gasteiger partial charge in [0.1, 0.15) is 5.75 Å². The summed E-state index contributed by atoms with van der Waals surface area (Å²) in [5.74, 6) is -0.315. The molecule has 1 aromatic rings. The predicted octanol–water partition coefficient (Wildman–Crippen LogP) is 1.81. The normalized spacial score (nSPS) is 11.8. The van der Waals surface area contributed by atoms with Crippen molar-refractivity contribution in [2.24, 2.45) is 4.99 Å². The van der Waals surface area contributed by atoms with E-state index in [1.807, 2.05) is 0 Å². The zero-order valence-corrected chi connectivity index (χ0v) is 12.7. The molecule has 0 unspecified atom stereocenters. The molecule has 6 nitrogen and oxygen atoms in total. The third-order valence-electron chi connectivity index (χ3n) is 2.72. The number of para-hydroxylation sites is 1. The van der Waals surface area contributed by atoms with Gasteiger partial charge < -0.3 is 20.1 Å². The number of hydrogen-bond acceptors (Lipinski definition) is 4. The highest BCUT2D eigenvalue weighted by Gasteiger charge is 2.31. The molecule has 0 aliphatic heterocycles. The van der Waals surface area contributed by atoms with Gasteiger partial charge in [0.2, 0.25) is 0 Å². The Morgan fingerprint density at radius 2 is 1.96 bits per heavy atom. The average Bonchev–Trinajstić information content (AvgIpc) is 2.50. The molecule has 0 amide bonds. The molecule has 0 saturated carbocycles. The van der Waals surface area contributed by atoms with E-state index in [1.165, 1.54) is 32.4 Å². The summed E-state index contributed by atoms with van der Waals surface area (Å²) in [5.41, 5.74) is 0.320. The smallest absolute Gasteiger partial charge is 0.469 e. The lowest BCUT2D eigenvalue weighted by Crippen LogP contribution is -2.38. The first-order valence-electron chi connectivity index (χ1n) is 6.70. The number of rotatable bonds is 6. The molecule has 23 heavy (non-hydrogen) atoms. The first kappa shape index (κ1) is 18.6. The number of hydrogen-bond donors (Lipinski definition) is 2. The van der Waals surface area contributed by atoms with E-state index in [9.17, 15) is 18.0 Å². The minimum Gasteiger partial charge on any atom is -0.469 e. The Hall–Kier alpha value is -2.45. The van der Waals surface area contributed by atoms with E-state index in [0.29, 0.717) is 11.5 Å². The lowest BCUT2D eigenvalue weighted by atomic mass is 10.2. The number of nitrogens with zero attached hydrogens (tertiary/aromatic N) is 1. The summed E-state index contributed by atoms with van der Waals surface area (Å²) in [6, 6.07) is 5.80. The third-order valence-corrected chi connectivity index (χ3v) is 2.72. The Kier molecular flexibility index (Phi) is 7.17. The average molecular weight is 333 g/mol. The van der Waals surface area contributed by atoms with Crippen LogP contribution < -0.4 is 15.4 Å². The Labute approximate surface area is 131 Å². The highest BCUT2D eigenvalue weighted by Crippen LogP contribution is 2.25. The topological polar surface area (TPSA) is 72.0 Å². The van der Waals surface area contributed by atoms with Crippen molar-refractivity contribution >= 4 is 11.9 Å². The van der Waals surface area contributed by atoms with Crippen LogP contribution in [0.5, 0.6) is 5.75 Å². The Morgan fingerprint density at radius 1 is 1.26 bits per heavy atom. The Bertz CT molecular complexity index is 548. The maximum Gasteiger partial charge on any atom is 0.573 e. The molecule has 0 atom stereocenters. The molecule has 0 fully saturated rings. The molecule has 128 valence electrons. The van der Waals surface area contributed by atoms with Gasteiger partial charge in [-0.05, 0) is 6.07 Å². The van der Waals surface area contributed by atoms with Crippen molar-refractivity contribution in [2.75, 3.05) is 20.7 Å². The van der Waals surface area contributed by atoms with Crippen molar-refractivity contribution in [3.8, 4) is 5.75 Å². The van der Waals surface area contributed by atoms with Crippen LogP contribution in [0.15, 0.2) is 29.3 Å². The van der Waals surface area contributed by atoms with Gasteiger partial charge in [-0.25, -0.2) is 0 Å². The van der Waals surface area contributed by atoms with Gasteiger partial charge in [0, 0.05) is 25.7 Å². The summed E-state index contributed by atoms with van der Waals surface area (Å²) in [5, 5.41) is 5.69. The molecular weight excluding hydrogens is 315 g/mol. The van der Waals surface area contributed by atoms with Gasteiger partial charge in [0.05, 0.1) is 13.5 Å². The fourth-order valence-corrected chi connectivity index (χ4v) is 1.66. The maximum absolute atomic E-state index is 12.3. The van der Waals surface area contributed by atoms with Crippen molar-refractivity contribution in [3.63, 3.8) is 0 Å². The molecule has 0 spiro atoms. The van der Waals surface area contributed by atoms with Crippen LogP contribution in [0.1, 0.15) is 12.0 Å². The number of carbonyl (C=O) groups excluding carboxylic acids is 1. The maximum atomic E-state index is 12.3. The zero-order valence-electron chi connectivity index (χ0n) is 12.7.